The summed E-state index contributed by atoms with van der Waals surface area (Å²) in [6.45, 7) is 2.90. The predicted octanol–water partition coefficient (Wildman–Crippen LogP) is 2.30. The first-order chi connectivity index (χ1) is 8.68. The van der Waals surface area contributed by atoms with Gasteiger partial charge in [-0.25, -0.2) is 0 Å². The highest BCUT2D eigenvalue weighted by atomic mass is 19.4. The molecule has 0 aliphatic rings. The Morgan fingerprint density at radius 1 is 1.32 bits per heavy atom. The van der Waals surface area contributed by atoms with E-state index < -0.39 is 17.6 Å². The minimum atomic E-state index is -4.82. The maximum Gasteiger partial charge on any atom is 0.415 e. The summed E-state index contributed by atoms with van der Waals surface area (Å²) in [5, 5.41) is 2.12. The number of hydrogen-bond acceptors (Lipinski definition) is 3. The maximum absolute atomic E-state index is 12.5. The number of hydrogen-bond donors (Lipinski definition) is 2. The number of nitrogens with two attached hydrogens (primary N) is 1. The summed E-state index contributed by atoms with van der Waals surface area (Å²) in [4.78, 5) is 11.5. The minimum Gasteiger partial charge on any atom is -0.494 e. The third kappa shape index (κ3) is 3.60. The molecule has 106 valence electrons. The second-order valence-electron chi connectivity index (χ2n) is 4.11. The van der Waals surface area contributed by atoms with Crippen molar-refractivity contribution in [1.82, 2.24) is 0 Å². The lowest BCUT2D eigenvalue weighted by molar-refractivity contribution is -0.184. The predicted molar refractivity (Wildman–Crippen MR) is 64.9 cm³/mol. The van der Waals surface area contributed by atoms with E-state index in [0.717, 1.165) is 0 Å². The Labute approximate surface area is 108 Å². The normalized spacial score (nSPS) is 14.6. The molecular formula is C12H15F3N2O2. The van der Waals surface area contributed by atoms with Crippen LogP contribution in [0.3, 0.4) is 0 Å². The molecule has 1 aromatic rings. The van der Waals surface area contributed by atoms with Crippen molar-refractivity contribution < 1.29 is 22.7 Å². The summed E-state index contributed by atoms with van der Waals surface area (Å²) in [5.74, 6) is -0.754. The Bertz CT molecular complexity index is 441. The Morgan fingerprint density at radius 3 is 2.26 bits per heavy atom. The standard InChI is InChI=1S/C12H15F3N2O2/c1-3-19-9-6-4-8(5-7-9)17-10(18)11(2,16)12(13,14)15/h4-7H,3,16H2,1-2H3,(H,17,18). The van der Waals surface area contributed by atoms with E-state index in [9.17, 15) is 18.0 Å². The molecule has 19 heavy (non-hydrogen) atoms. The van der Waals surface area contributed by atoms with E-state index in [-0.39, 0.29) is 5.69 Å². The van der Waals surface area contributed by atoms with Gasteiger partial charge in [-0.05, 0) is 38.1 Å². The molecule has 0 radical (unpaired) electrons. The average Bonchev–Trinajstić information content (AvgIpc) is 2.30. The molecule has 1 aromatic carbocycles. The van der Waals surface area contributed by atoms with Crippen LogP contribution in [0.4, 0.5) is 18.9 Å². The van der Waals surface area contributed by atoms with Crippen molar-refractivity contribution in [1.29, 1.82) is 0 Å². The molecule has 4 nitrogen and oxygen atoms in total. The molecule has 0 heterocycles. The largest absolute Gasteiger partial charge is 0.494 e. The first-order valence-corrected chi connectivity index (χ1v) is 5.58. The maximum atomic E-state index is 12.5. The van der Waals surface area contributed by atoms with Gasteiger partial charge in [0.25, 0.3) is 5.91 Å². The molecule has 0 spiro atoms. The van der Waals surface area contributed by atoms with E-state index in [1.807, 2.05) is 0 Å². The fourth-order valence-electron chi connectivity index (χ4n) is 1.19. The van der Waals surface area contributed by atoms with Crippen LogP contribution in [0.2, 0.25) is 0 Å². The average molecular weight is 276 g/mol. The summed E-state index contributed by atoms with van der Waals surface area (Å²) >= 11 is 0. The van der Waals surface area contributed by atoms with Crippen LogP contribution in [0.15, 0.2) is 24.3 Å². The van der Waals surface area contributed by atoms with Crippen molar-refractivity contribution in [2.24, 2.45) is 5.73 Å². The summed E-state index contributed by atoms with van der Waals surface area (Å²) in [6, 6.07) is 5.96. The van der Waals surface area contributed by atoms with Crippen molar-refractivity contribution in [3.05, 3.63) is 24.3 Å². The lowest BCUT2D eigenvalue weighted by Gasteiger charge is -2.26. The van der Waals surface area contributed by atoms with Crippen LogP contribution in [0.5, 0.6) is 5.75 Å². The van der Waals surface area contributed by atoms with Gasteiger partial charge in [0.15, 0.2) is 5.54 Å². The molecule has 0 saturated carbocycles. The summed E-state index contributed by atoms with van der Waals surface area (Å²) in [6.07, 6.45) is -4.82. The van der Waals surface area contributed by atoms with E-state index in [0.29, 0.717) is 19.3 Å². The van der Waals surface area contributed by atoms with Gasteiger partial charge in [0.05, 0.1) is 6.61 Å². The van der Waals surface area contributed by atoms with E-state index in [1.54, 1.807) is 19.1 Å². The summed E-state index contributed by atoms with van der Waals surface area (Å²) in [7, 11) is 0. The molecule has 1 unspecified atom stereocenters. The van der Waals surface area contributed by atoms with Crippen LogP contribution in [0.25, 0.3) is 0 Å². The highest BCUT2D eigenvalue weighted by Crippen LogP contribution is 2.29. The molecule has 0 bridgehead atoms. The second-order valence-corrected chi connectivity index (χ2v) is 4.11. The Morgan fingerprint density at radius 2 is 1.84 bits per heavy atom. The van der Waals surface area contributed by atoms with Crippen molar-refractivity contribution >= 4 is 11.6 Å². The third-order valence-corrected chi connectivity index (χ3v) is 2.48. The van der Waals surface area contributed by atoms with Gasteiger partial charge in [0.2, 0.25) is 0 Å². The van der Waals surface area contributed by atoms with Gasteiger partial charge in [-0.1, -0.05) is 0 Å². The van der Waals surface area contributed by atoms with Gasteiger partial charge in [-0.3, -0.25) is 4.79 Å². The molecule has 3 N–H and O–H groups in total. The molecule has 1 rings (SSSR count). The van der Waals surface area contributed by atoms with Crippen molar-refractivity contribution in [3.63, 3.8) is 0 Å². The first kappa shape index (κ1) is 15.3. The number of carbonyl (C=O) groups excluding carboxylic acids is 1. The van der Waals surface area contributed by atoms with Crippen LogP contribution in [0.1, 0.15) is 13.8 Å². The highest BCUT2D eigenvalue weighted by molar-refractivity contribution is 5.98. The Kier molecular flexibility index (Phi) is 4.41. The number of rotatable bonds is 4. The van der Waals surface area contributed by atoms with Crippen LogP contribution in [-0.4, -0.2) is 24.2 Å². The SMILES string of the molecule is CCOc1ccc(NC(=O)C(C)(N)C(F)(F)F)cc1. The number of amides is 1. The summed E-state index contributed by atoms with van der Waals surface area (Å²) in [5.41, 5.74) is 2.28. The van der Waals surface area contributed by atoms with Gasteiger partial charge < -0.3 is 15.8 Å². The Hall–Kier alpha value is -1.76. The van der Waals surface area contributed by atoms with E-state index in [1.165, 1.54) is 12.1 Å². The monoisotopic (exact) mass is 276 g/mol. The van der Waals surface area contributed by atoms with Crippen LogP contribution < -0.4 is 15.8 Å². The second kappa shape index (κ2) is 5.48. The smallest absolute Gasteiger partial charge is 0.415 e. The van der Waals surface area contributed by atoms with Crippen molar-refractivity contribution in [2.75, 3.05) is 11.9 Å². The number of anilines is 1. The highest BCUT2D eigenvalue weighted by Gasteiger charge is 2.53. The zero-order valence-corrected chi connectivity index (χ0v) is 10.5. The van der Waals surface area contributed by atoms with Gasteiger partial charge in [0, 0.05) is 5.69 Å². The van der Waals surface area contributed by atoms with E-state index in [2.05, 4.69) is 5.32 Å². The summed E-state index contributed by atoms with van der Waals surface area (Å²) < 4.78 is 42.8. The molecule has 0 aliphatic heterocycles. The molecule has 1 amide bonds. The van der Waals surface area contributed by atoms with Crippen LogP contribution in [0, 0.1) is 0 Å². The van der Waals surface area contributed by atoms with Crippen molar-refractivity contribution in [3.8, 4) is 5.75 Å². The van der Waals surface area contributed by atoms with Crippen LogP contribution >= 0.6 is 0 Å². The number of halogens is 3. The molecule has 0 saturated heterocycles. The molecule has 1 atom stereocenters. The van der Waals surface area contributed by atoms with Gasteiger partial charge >= 0.3 is 6.18 Å². The first-order valence-electron chi connectivity index (χ1n) is 5.58. The van der Waals surface area contributed by atoms with Gasteiger partial charge in [0.1, 0.15) is 5.75 Å². The lowest BCUT2D eigenvalue weighted by atomic mass is 10.0. The number of carbonyl (C=O) groups is 1. The van der Waals surface area contributed by atoms with E-state index >= 15 is 0 Å². The minimum absolute atomic E-state index is 0.217. The lowest BCUT2D eigenvalue weighted by Crippen LogP contribution is -2.59. The zero-order valence-electron chi connectivity index (χ0n) is 10.5. The topological polar surface area (TPSA) is 64.3 Å². The Balaban J connectivity index is 2.77. The van der Waals surface area contributed by atoms with E-state index in [4.69, 9.17) is 10.5 Å². The van der Waals surface area contributed by atoms with Crippen LogP contribution in [-0.2, 0) is 4.79 Å². The van der Waals surface area contributed by atoms with Crippen molar-refractivity contribution in [2.45, 2.75) is 25.6 Å². The molecular weight excluding hydrogens is 261 g/mol. The molecule has 0 aliphatic carbocycles. The number of nitrogens with one attached hydrogen (secondary N) is 1. The quantitative estimate of drug-likeness (QED) is 0.887. The van der Waals surface area contributed by atoms with Gasteiger partial charge in [-0.15, -0.1) is 0 Å². The fraction of sp³-hybridized carbons (Fsp3) is 0.417. The number of benzene rings is 1. The zero-order chi connectivity index (χ0) is 14.7. The fourth-order valence-corrected chi connectivity index (χ4v) is 1.19. The molecule has 0 aromatic heterocycles. The number of alkyl halides is 3. The van der Waals surface area contributed by atoms with Gasteiger partial charge in [-0.2, -0.15) is 13.2 Å². The number of ether oxygens (including phenoxy) is 1. The third-order valence-electron chi connectivity index (χ3n) is 2.48. The molecule has 0 fully saturated rings. The molecule has 7 heteroatoms.